The van der Waals surface area contributed by atoms with E-state index in [9.17, 15) is 0 Å². The largest absolute Gasteiger partial charge is 0.384 e. The second kappa shape index (κ2) is 7.34. The molecule has 0 saturated carbocycles. The molecular weight excluding hydrogens is 212 g/mol. The zero-order chi connectivity index (χ0) is 12.7. The molecule has 1 aliphatic rings. The highest BCUT2D eigenvalue weighted by Gasteiger charge is 2.27. The van der Waals surface area contributed by atoms with Gasteiger partial charge in [0.25, 0.3) is 0 Å². The standard InChI is InChI=1S/C14H30N2O/c1-5-14(2,11-15-3)12-16-8-6-13(7-9-16)10-17-4/h13,15H,5-12H2,1-4H3. The van der Waals surface area contributed by atoms with Crippen molar-refractivity contribution >= 4 is 0 Å². The van der Waals surface area contributed by atoms with Crippen molar-refractivity contribution in [1.29, 1.82) is 0 Å². The van der Waals surface area contributed by atoms with Crippen molar-refractivity contribution in [2.24, 2.45) is 11.3 Å². The Morgan fingerprint density at radius 2 is 2.00 bits per heavy atom. The fourth-order valence-electron chi connectivity index (χ4n) is 2.81. The molecule has 0 amide bonds. The lowest BCUT2D eigenvalue weighted by atomic mass is 9.85. The third kappa shape index (κ3) is 4.94. The summed E-state index contributed by atoms with van der Waals surface area (Å²) in [5.74, 6) is 0.786. The molecule has 0 spiro atoms. The highest BCUT2D eigenvalue weighted by molar-refractivity contribution is 4.82. The summed E-state index contributed by atoms with van der Waals surface area (Å²) in [5.41, 5.74) is 0.419. The molecule has 1 aliphatic heterocycles. The van der Waals surface area contributed by atoms with Gasteiger partial charge in [0.15, 0.2) is 0 Å². The fraction of sp³-hybridized carbons (Fsp3) is 1.00. The van der Waals surface area contributed by atoms with Gasteiger partial charge in [0.2, 0.25) is 0 Å². The molecule has 0 aromatic rings. The lowest BCUT2D eigenvalue weighted by molar-refractivity contribution is 0.0763. The predicted octanol–water partition coefficient (Wildman–Crippen LogP) is 1.98. The van der Waals surface area contributed by atoms with Gasteiger partial charge in [0.1, 0.15) is 0 Å². The maximum absolute atomic E-state index is 5.25. The number of hydrogen-bond donors (Lipinski definition) is 1. The van der Waals surface area contributed by atoms with Gasteiger partial charge in [-0.3, -0.25) is 0 Å². The van der Waals surface area contributed by atoms with Crippen LogP contribution in [0.25, 0.3) is 0 Å². The Morgan fingerprint density at radius 1 is 1.35 bits per heavy atom. The lowest BCUT2D eigenvalue weighted by Crippen LogP contribution is -2.44. The van der Waals surface area contributed by atoms with Crippen LogP contribution in [0.3, 0.4) is 0 Å². The van der Waals surface area contributed by atoms with Gasteiger partial charge in [-0.15, -0.1) is 0 Å². The SMILES string of the molecule is CCC(C)(CNC)CN1CCC(COC)CC1. The van der Waals surface area contributed by atoms with E-state index in [2.05, 4.69) is 31.1 Å². The van der Waals surface area contributed by atoms with Gasteiger partial charge in [0.05, 0.1) is 0 Å². The number of nitrogens with zero attached hydrogens (tertiary/aromatic N) is 1. The van der Waals surface area contributed by atoms with E-state index in [4.69, 9.17) is 4.74 Å². The van der Waals surface area contributed by atoms with E-state index in [-0.39, 0.29) is 0 Å². The average molecular weight is 242 g/mol. The van der Waals surface area contributed by atoms with Crippen LogP contribution in [-0.2, 0) is 4.74 Å². The molecule has 1 N–H and O–H groups in total. The Morgan fingerprint density at radius 3 is 2.47 bits per heavy atom. The molecule has 0 aliphatic carbocycles. The summed E-state index contributed by atoms with van der Waals surface area (Å²) in [6.45, 7) is 10.5. The van der Waals surface area contributed by atoms with Crippen molar-refractivity contribution in [1.82, 2.24) is 10.2 Å². The van der Waals surface area contributed by atoms with Crippen LogP contribution in [-0.4, -0.2) is 51.8 Å². The van der Waals surface area contributed by atoms with Crippen LogP contribution in [0, 0.1) is 11.3 Å². The summed E-state index contributed by atoms with van der Waals surface area (Å²) in [7, 11) is 3.87. The number of rotatable bonds is 7. The molecule has 17 heavy (non-hydrogen) atoms. The molecule has 0 bridgehead atoms. The van der Waals surface area contributed by atoms with Crippen LogP contribution in [0.1, 0.15) is 33.1 Å². The molecule has 1 fully saturated rings. The molecule has 1 atom stereocenters. The Bertz CT molecular complexity index is 202. The van der Waals surface area contributed by atoms with Gasteiger partial charge in [-0.25, -0.2) is 0 Å². The van der Waals surface area contributed by atoms with Gasteiger partial charge in [-0.1, -0.05) is 13.8 Å². The number of ether oxygens (including phenoxy) is 1. The summed E-state index contributed by atoms with van der Waals surface area (Å²) in [5, 5.41) is 3.33. The molecule has 102 valence electrons. The van der Waals surface area contributed by atoms with Crippen LogP contribution in [0.5, 0.6) is 0 Å². The molecule has 0 aromatic heterocycles. The zero-order valence-electron chi connectivity index (χ0n) is 12.1. The fourth-order valence-corrected chi connectivity index (χ4v) is 2.81. The van der Waals surface area contributed by atoms with Gasteiger partial charge in [-0.2, -0.15) is 0 Å². The molecule has 3 nitrogen and oxygen atoms in total. The smallest absolute Gasteiger partial charge is 0.0491 e. The topological polar surface area (TPSA) is 24.5 Å². The Hall–Kier alpha value is -0.120. The third-order valence-electron chi connectivity index (χ3n) is 4.17. The molecule has 1 saturated heterocycles. The molecule has 1 heterocycles. The van der Waals surface area contributed by atoms with E-state index in [1.807, 2.05) is 7.11 Å². The van der Waals surface area contributed by atoms with E-state index in [0.29, 0.717) is 5.41 Å². The highest BCUT2D eigenvalue weighted by Crippen LogP contribution is 2.25. The maximum Gasteiger partial charge on any atom is 0.0491 e. The van der Waals surface area contributed by atoms with Crippen LogP contribution in [0.2, 0.25) is 0 Å². The normalized spacial score (nSPS) is 22.6. The van der Waals surface area contributed by atoms with Gasteiger partial charge >= 0.3 is 0 Å². The van der Waals surface area contributed by atoms with E-state index >= 15 is 0 Å². The van der Waals surface area contributed by atoms with E-state index in [0.717, 1.165) is 19.1 Å². The van der Waals surface area contributed by atoms with Crippen molar-refractivity contribution in [3.05, 3.63) is 0 Å². The Labute approximate surface area is 107 Å². The maximum atomic E-state index is 5.25. The quantitative estimate of drug-likeness (QED) is 0.739. The van der Waals surface area contributed by atoms with Crippen molar-refractivity contribution in [3.63, 3.8) is 0 Å². The van der Waals surface area contributed by atoms with Gasteiger partial charge in [0, 0.05) is 26.8 Å². The second-order valence-corrected chi connectivity index (χ2v) is 5.87. The molecule has 1 unspecified atom stereocenters. The number of piperidine rings is 1. The number of nitrogens with one attached hydrogen (secondary N) is 1. The second-order valence-electron chi connectivity index (χ2n) is 5.87. The van der Waals surface area contributed by atoms with Crippen LogP contribution in [0.15, 0.2) is 0 Å². The van der Waals surface area contributed by atoms with Crippen LogP contribution < -0.4 is 5.32 Å². The Kier molecular flexibility index (Phi) is 6.45. The van der Waals surface area contributed by atoms with E-state index < -0.39 is 0 Å². The van der Waals surface area contributed by atoms with Crippen molar-refractivity contribution in [2.75, 3.05) is 46.9 Å². The monoisotopic (exact) mass is 242 g/mol. The van der Waals surface area contributed by atoms with Crippen molar-refractivity contribution < 1.29 is 4.74 Å². The van der Waals surface area contributed by atoms with Crippen LogP contribution in [0.4, 0.5) is 0 Å². The van der Waals surface area contributed by atoms with Gasteiger partial charge in [-0.05, 0) is 50.7 Å². The number of likely N-dealkylation sites (tertiary alicyclic amines) is 1. The zero-order valence-corrected chi connectivity index (χ0v) is 12.1. The summed E-state index contributed by atoms with van der Waals surface area (Å²) < 4.78 is 5.25. The van der Waals surface area contributed by atoms with Gasteiger partial charge < -0.3 is 15.0 Å². The third-order valence-corrected chi connectivity index (χ3v) is 4.17. The van der Waals surface area contributed by atoms with E-state index in [1.54, 1.807) is 0 Å². The minimum absolute atomic E-state index is 0.419. The molecule has 3 heteroatoms. The van der Waals surface area contributed by atoms with Crippen LogP contribution >= 0.6 is 0 Å². The highest BCUT2D eigenvalue weighted by atomic mass is 16.5. The first kappa shape index (κ1) is 14.9. The summed E-state index contributed by atoms with van der Waals surface area (Å²) in [6, 6.07) is 0. The number of methoxy groups -OCH3 is 1. The minimum Gasteiger partial charge on any atom is -0.384 e. The average Bonchev–Trinajstić information content (AvgIpc) is 2.32. The summed E-state index contributed by atoms with van der Waals surface area (Å²) in [4.78, 5) is 2.63. The predicted molar refractivity (Wildman–Crippen MR) is 73.4 cm³/mol. The number of hydrogen-bond acceptors (Lipinski definition) is 3. The minimum atomic E-state index is 0.419. The first-order valence-corrected chi connectivity index (χ1v) is 6.99. The summed E-state index contributed by atoms with van der Waals surface area (Å²) in [6.07, 6.45) is 3.84. The molecule has 0 aromatic carbocycles. The van der Waals surface area contributed by atoms with E-state index in [1.165, 1.54) is 38.9 Å². The first-order chi connectivity index (χ1) is 8.13. The lowest BCUT2D eigenvalue weighted by Gasteiger charge is -2.38. The first-order valence-electron chi connectivity index (χ1n) is 6.99. The molecule has 1 rings (SSSR count). The Balaban J connectivity index is 2.33. The van der Waals surface area contributed by atoms with Crippen molar-refractivity contribution in [2.45, 2.75) is 33.1 Å². The molecule has 0 radical (unpaired) electrons. The summed E-state index contributed by atoms with van der Waals surface area (Å²) >= 11 is 0. The molecular formula is C14H30N2O. The van der Waals surface area contributed by atoms with Crippen molar-refractivity contribution in [3.8, 4) is 0 Å².